The molecule has 0 radical (unpaired) electrons. The molecule has 178 valence electrons. The van der Waals surface area contributed by atoms with Gasteiger partial charge in [0.25, 0.3) is 0 Å². The Morgan fingerprint density at radius 2 is 2.06 bits per heavy atom. The zero-order chi connectivity index (χ0) is 23.4. The van der Waals surface area contributed by atoms with E-state index in [0.29, 0.717) is 13.2 Å². The molecule has 0 spiro atoms. The normalized spacial score (nSPS) is 24.4. The number of aromatic nitrogens is 5. The number of halogens is 1. The summed E-state index contributed by atoms with van der Waals surface area (Å²) in [4.78, 5) is 7.27. The average Bonchev–Trinajstić information content (AvgIpc) is 3.46. The van der Waals surface area contributed by atoms with Gasteiger partial charge in [0, 0.05) is 18.7 Å². The lowest BCUT2D eigenvalue weighted by Gasteiger charge is -2.34. The SMILES string of the molecule is Cc1cc(-c2nc(I)c3c(C4(C#N)CC4)cc(N4CCOC[C@H]4C)nn23)n(C2CCCCO2)n1. The van der Waals surface area contributed by atoms with Gasteiger partial charge in [0.15, 0.2) is 12.1 Å². The van der Waals surface area contributed by atoms with E-state index in [9.17, 15) is 5.26 Å². The Morgan fingerprint density at radius 1 is 1.21 bits per heavy atom. The van der Waals surface area contributed by atoms with Crippen LogP contribution in [0.4, 0.5) is 5.82 Å². The molecule has 3 aromatic rings. The summed E-state index contributed by atoms with van der Waals surface area (Å²) in [6, 6.07) is 6.98. The fraction of sp³-hybridized carbons (Fsp3) is 0.583. The smallest absolute Gasteiger partial charge is 0.181 e. The van der Waals surface area contributed by atoms with Crippen LogP contribution < -0.4 is 4.90 Å². The first kappa shape index (κ1) is 22.2. The maximum atomic E-state index is 10.1. The first-order chi connectivity index (χ1) is 16.5. The number of anilines is 1. The fourth-order valence-electron chi connectivity index (χ4n) is 5.16. The maximum Gasteiger partial charge on any atom is 0.181 e. The van der Waals surface area contributed by atoms with Crippen LogP contribution in [-0.4, -0.2) is 56.8 Å². The van der Waals surface area contributed by atoms with Crippen molar-refractivity contribution >= 4 is 33.9 Å². The quantitative estimate of drug-likeness (QED) is 0.436. The summed E-state index contributed by atoms with van der Waals surface area (Å²) in [5.74, 6) is 1.61. The first-order valence-electron chi connectivity index (χ1n) is 12.0. The van der Waals surface area contributed by atoms with Crippen LogP contribution in [0.5, 0.6) is 0 Å². The summed E-state index contributed by atoms with van der Waals surface area (Å²) in [6.07, 6.45) is 4.77. The van der Waals surface area contributed by atoms with Crippen molar-refractivity contribution in [2.24, 2.45) is 0 Å². The molecule has 0 aromatic carbocycles. The molecule has 0 N–H and O–H groups in total. The van der Waals surface area contributed by atoms with Gasteiger partial charge in [-0.3, -0.25) is 0 Å². The summed E-state index contributed by atoms with van der Waals surface area (Å²) in [5, 5.41) is 20.0. The van der Waals surface area contributed by atoms with Gasteiger partial charge in [-0.1, -0.05) is 0 Å². The monoisotopic (exact) mass is 573 g/mol. The van der Waals surface area contributed by atoms with Crippen LogP contribution in [0, 0.1) is 22.0 Å². The Hall–Kier alpha value is -2.23. The molecule has 6 rings (SSSR count). The van der Waals surface area contributed by atoms with Gasteiger partial charge >= 0.3 is 0 Å². The second-order valence-corrected chi connectivity index (χ2v) is 10.7. The van der Waals surface area contributed by atoms with E-state index in [1.165, 1.54) is 0 Å². The molecule has 10 heteroatoms. The summed E-state index contributed by atoms with van der Waals surface area (Å²) in [6.45, 7) is 7.00. The van der Waals surface area contributed by atoms with E-state index in [1.54, 1.807) is 0 Å². The molecule has 3 aromatic heterocycles. The van der Waals surface area contributed by atoms with Crippen molar-refractivity contribution in [2.75, 3.05) is 31.3 Å². The van der Waals surface area contributed by atoms with E-state index in [2.05, 4.69) is 52.6 Å². The van der Waals surface area contributed by atoms with Crippen molar-refractivity contribution < 1.29 is 9.47 Å². The summed E-state index contributed by atoms with van der Waals surface area (Å²) in [7, 11) is 0. The number of hydrogen-bond donors (Lipinski definition) is 0. The van der Waals surface area contributed by atoms with E-state index in [-0.39, 0.29) is 12.3 Å². The predicted molar refractivity (Wildman–Crippen MR) is 135 cm³/mol. The molecular formula is C24H28IN7O2. The highest BCUT2D eigenvalue weighted by molar-refractivity contribution is 14.1. The molecule has 1 unspecified atom stereocenters. The number of fused-ring (bicyclic) bond motifs is 1. The summed E-state index contributed by atoms with van der Waals surface area (Å²) in [5.41, 5.74) is 3.31. The standard InChI is InChI=1S/C24H28IN7O2/c1-15-11-18(31(28-15)20-5-3-4-9-34-20)23-27-22(25)21-17(24(14-26)6-7-24)12-19(29-32(21)23)30-8-10-33-13-16(30)2/h11-12,16,20H,3-10,13H2,1-2H3/t16-,20?/m1/s1. The Bertz CT molecular complexity index is 1280. The summed E-state index contributed by atoms with van der Waals surface area (Å²) >= 11 is 2.28. The third-order valence-electron chi connectivity index (χ3n) is 7.20. The second-order valence-electron chi connectivity index (χ2n) is 9.65. The van der Waals surface area contributed by atoms with Gasteiger partial charge in [-0.25, -0.2) is 14.2 Å². The van der Waals surface area contributed by atoms with Gasteiger partial charge in [-0.15, -0.1) is 5.10 Å². The van der Waals surface area contributed by atoms with Gasteiger partial charge in [0.2, 0.25) is 0 Å². The Balaban J connectivity index is 1.57. The molecule has 2 saturated heterocycles. The average molecular weight is 573 g/mol. The molecule has 1 aliphatic carbocycles. The Morgan fingerprint density at radius 3 is 2.76 bits per heavy atom. The number of aryl methyl sites for hydroxylation is 1. The van der Waals surface area contributed by atoms with Crippen LogP contribution in [-0.2, 0) is 14.9 Å². The molecular weight excluding hydrogens is 545 g/mol. The lowest BCUT2D eigenvalue weighted by molar-refractivity contribution is -0.0386. The van der Waals surface area contributed by atoms with Crippen molar-refractivity contribution in [1.82, 2.24) is 24.4 Å². The molecule has 2 atom stereocenters. The molecule has 34 heavy (non-hydrogen) atoms. The zero-order valence-corrected chi connectivity index (χ0v) is 21.7. The van der Waals surface area contributed by atoms with Crippen LogP contribution in [0.2, 0.25) is 0 Å². The van der Waals surface area contributed by atoms with Crippen LogP contribution in [0.15, 0.2) is 12.1 Å². The van der Waals surface area contributed by atoms with Gasteiger partial charge in [-0.05, 0) is 80.7 Å². The lowest BCUT2D eigenvalue weighted by Crippen LogP contribution is -2.44. The number of rotatable bonds is 4. The first-order valence-corrected chi connectivity index (χ1v) is 13.1. The highest BCUT2D eigenvalue weighted by Gasteiger charge is 2.47. The molecule has 9 nitrogen and oxygen atoms in total. The third-order valence-corrected chi connectivity index (χ3v) is 7.95. The van der Waals surface area contributed by atoms with Crippen LogP contribution in [0.25, 0.3) is 17.0 Å². The van der Waals surface area contributed by atoms with Gasteiger partial charge in [0.1, 0.15) is 20.7 Å². The van der Waals surface area contributed by atoms with E-state index >= 15 is 0 Å². The lowest BCUT2D eigenvalue weighted by atomic mass is 9.98. The minimum Gasteiger partial charge on any atom is -0.377 e. The second kappa shape index (κ2) is 8.46. The topological polar surface area (TPSA) is 93.5 Å². The minimum absolute atomic E-state index is 0.0988. The number of nitrogens with zero attached hydrogens (tertiary/aromatic N) is 7. The Labute approximate surface area is 212 Å². The molecule has 3 aliphatic rings. The van der Waals surface area contributed by atoms with Crippen molar-refractivity contribution in [3.05, 3.63) is 27.1 Å². The Kier molecular flexibility index (Phi) is 5.54. The molecule has 3 fully saturated rings. The van der Waals surface area contributed by atoms with Gasteiger partial charge in [0.05, 0.1) is 36.4 Å². The molecule has 2 aliphatic heterocycles. The predicted octanol–water partition coefficient (Wildman–Crippen LogP) is 3.99. The molecule has 0 amide bonds. The highest BCUT2D eigenvalue weighted by atomic mass is 127. The number of hydrogen-bond acceptors (Lipinski definition) is 7. The van der Waals surface area contributed by atoms with Crippen LogP contribution in [0.3, 0.4) is 0 Å². The van der Waals surface area contributed by atoms with E-state index in [0.717, 1.165) is 83.1 Å². The third kappa shape index (κ3) is 3.60. The minimum atomic E-state index is -0.464. The molecule has 1 saturated carbocycles. The number of morpholine rings is 1. The highest BCUT2D eigenvalue weighted by Crippen LogP contribution is 2.50. The van der Waals surface area contributed by atoms with E-state index in [4.69, 9.17) is 24.7 Å². The number of nitriles is 1. The van der Waals surface area contributed by atoms with E-state index in [1.807, 2.05) is 16.1 Å². The number of imidazole rings is 1. The van der Waals surface area contributed by atoms with Gasteiger partial charge < -0.3 is 14.4 Å². The van der Waals surface area contributed by atoms with Crippen LogP contribution in [0.1, 0.15) is 56.5 Å². The van der Waals surface area contributed by atoms with Crippen LogP contribution >= 0.6 is 22.6 Å². The number of ether oxygens (including phenoxy) is 2. The van der Waals surface area contributed by atoms with Gasteiger partial charge in [-0.2, -0.15) is 10.4 Å². The molecule has 0 bridgehead atoms. The van der Waals surface area contributed by atoms with Crippen molar-refractivity contribution in [3.8, 4) is 17.6 Å². The van der Waals surface area contributed by atoms with Crippen molar-refractivity contribution in [2.45, 2.75) is 63.6 Å². The fourth-order valence-corrected chi connectivity index (χ4v) is 5.91. The van der Waals surface area contributed by atoms with Crippen molar-refractivity contribution in [1.29, 1.82) is 5.26 Å². The molecule has 5 heterocycles. The van der Waals surface area contributed by atoms with Crippen molar-refractivity contribution in [3.63, 3.8) is 0 Å². The maximum absolute atomic E-state index is 10.1. The summed E-state index contributed by atoms with van der Waals surface area (Å²) < 4.78 is 16.5. The van der Waals surface area contributed by atoms with E-state index < -0.39 is 5.41 Å². The zero-order valence-electron chi connectivity index (χ0n) is 19.5. The largest absolute Gasteiger partial charge is 0.377 e.